The fourth-order valence-corrected chi connectivity index (χ4v) is 7.65. The van der Waals surface area contributed by atoms with Gasteiger partial charge in [0.25, 0.3) is 0 Å². The summed E-state index contributed by atoms with van der Waals surface area (Å²) in [5, 5.41) is 9.47. The molecule has 4 aliphatic carbocycles. The van der Waals surface area contributed by atoms with E-state index in [0.717, 1.165) is 17.8 Å². The van der Waals surface area contributed by atoms with Crippen LogP contribution in [0.15, 0.2) is 11.6 Å². The first kappa shape index (κ1) is 15.7. The minimum Gasteiger partial charge on any atom is -0.198 e. The Bertz CT molecular complexity index is 555. The number of nitriles is 1. The predicted octanol–water partition coefficient (Wildman–Crippen LogP) is 6.12. The second kappa shape index (κ2) is 5.37. The summed E-state index contributed by atoms with van der Waals surface area (Å²) in [6.07, 6.45) is 15.1. The van der Waals surface area contributed by atoms with Crippen LogP contribution in [0.4, 0.5) is 0 Å². The van der Waals surface area contributed by atoms with Gasteiger partial charge >= 0.3 is 0 Å². The van der Waals surface area contributed by atoms with Crippen molar-refractivity contribution in [3.05, 3.63) is 11.6 Å². The summed E-state index contributed by atoms with van der Waals surface area (Å²) < 4.78 is 0. The number of fused-ring (bicyclic) bond motifs is 5. The van der Waals surface area contributed by atoms with Crippen molar-refractivity contribution in [1.29, 1.82) is 5.26 Å². The van der Waals surface area contributed by atoms with Gasteiger partial charge in [-0.1, -0.05) is 31.9 Å². The Morgan fingerprint density at radius 2 is 1.96 bits per heavy atom. The minimum atomic E-state index is 0.238. The summed E-state index contributed by atoms with van der Waals surface area (Å²) in [7, 11) is 0. The third kappa shape index (κ3) is 2.09. The fourth-order valence-electron chi connectivity index (χ4n) is 7.65. The first-order valence-corrected chi connectivity index (χ1v) is 10.1. The molecule has 4 rings (SSSR count). The largest absolute Gasteiger partial charge is 0.198 e. The van der Waals surface area contributed by atoms with Gasteiger partial charge < -0.3 is 0 Å². The van der Waals surface area contributed by atoms with Gasteiger partial charge in [-0.15, -0.1) is 0 Å². The van der Waals surface area contributed by atoms with E-state index >= 15 is 0 Å². The molecule has 0 N–H and O–H groups in total. The smallest absolute Gasteiger partial charge is 0.0656 e. The second-order valence-electron chi connectivity index (χ2n) is 9.61. The average molecular weight is 312 g/mol. The number of hydrogen-bond acceptors (Lipinski definition) is 1. The molecular weight excluding hydrogens is 278 g/mol. The minimum absolute atomic E-state index is 0.238. The van der Waals surface area contributed by atoms with Gasteiger partial charge in [0.15, 0.2) is 0 Å². The van der Waals surface area contributed by atoms with Crippen LogP contribution < -0.4 is 0 Å². The van der Waals surface area contributed by atoms with Gasteiger partial charge in [0.1, 0.15) is 0 Å². The molecule has 0 bridgehead atoms. The zero-order chi connectivity index (χ0) is 16.2. The highest BCUT2D eigenvalue weighted by Crippen LogP contribution is 2.67. The molecule has 0 radical (unpaired) electrons. The van der Waals surface area contributed by atoms with Gasteiger partial charge in [0, 0.05) is 5.92 Å². The van der Waals surface area contributed by atoms with E-state index in [2.05, 4.69) is 32.9 Å². The first-order chi connectivity index (χ1) is 11.0. The van der Waals surface area contributed by atoms with Gasteiger partial charge in [-0.25, -0.2) is 0 Å². The van der Waals surface area contributed by atoms with E-state index in [9.17, 15) is 5.26 Å². The first-order valence-electron chi connectivity index (χ1n) is 10.1. The summed E-state index contributed by atoms with van der Waals surface area (Å²) in [6, 6.07) is 2.58. The van der Waals surface area contributed by atoms with E-state index in [1.807, 2.05) is 5.57 Å². The Balaban J connectivity index is 1.65. The lowest BCUT2D eigenvalue weighted by Crippen LogP contribution is -2.49. The Labute approximate surface area is 142 Å². The van der Waals surface area contributed by atoms with Gasteiger partial charge in [0.2, 0.25) is 0 Å². The molecule has 0 aromatic rings. The monoisotopic (exact) mass is 311 g/mol. The van der Waals surface area contributed by atoms with Crippen LogP contribution in [0.2, 0.25) is 0 Å². The van der Waals surface area contributed by atoms with Crippen molar-refractivity contribution < 1.29 is 0 Å². The molecule has 0 aliphatic heterocycles. The van der Waals surface area contributed by atoms with Crippen LogP contribution >= 0.6 is 0 Å². The standard InChI is InChI=1S/C22H33N/c1-15(14-23)18-9-10-19-17-8-7-16-6-4-5-12-21(16,2)20(17)11-13-22(18,19)3/h7,15,17-20H,4-6,8-13H2,1-3H3/t15?,17-,18+,19-,20-,21-,22+/m0/s1. The second-order valence-corrected chi connectivity index (χ2v) is 9.61. The van der Waals surface area contributed by atoms with Gasteiger partial charge in [-0.3, -0.25) is 0 Å². The van der Waals surface area contributed by atoms with Crippen LogP contribution in [0.5, 0.6) is 0 Å². The molecule has 3 fully saturated rings. The summed E-state index contributed by atoms with van der Waals surface area (Å²) >= 11 is 0. The molecular formula is C22H33N. The maximum atomic E-state index is 9.47. The van der Waals surface area contributed by atoms with Crippen molar-refractivity contribution in [1.82, 2.24) is 0 Å². The van der Waals surface area contributed by atoms with Crippen LogP contribution in [0.3, 0.4) is 0 Å². The van der Waals surface area contributed by atoms with E-state index in [-0.39, 0.29) is 5.92 Å². The molecule has 1 heteroatoms. The summed E-state index contributed by atoms with van der Waals surface area (Å²) in [5.41, 5.74) is 2.77. The molecule has 0 amide bonds. The summed E-state index contributed by atoms with van der Waals surface area (Å²) in [5.74, 6) is 3.58. The highest BCUT2D eigenvalue weighted by molar-refractivity contribution is 5.24. The van der Waals surface area contributed by atoms with Crippen LogP contribution in [0.1, 0.15) is 78.6 Å². The van der Waals surface area contributed by atoms with Gasteiger partial charge in [-0.2, -0.15) is 5.26 Å². The topological polar surface area (TPSA) is 23.8 Å². The number of rotatable bonds is 1. The maximum Gasteiger partial charge on any atom is 0.0656 e. The van der Waals surface area contributed by atoms with Crippen molar-refractivity contribution in [2.75, 3.05) is 0 Å². The average Bonchev–Trinajstić information content (AvgIpc) is 2.91. The molecule has 1 unspecified atom stereocenters. The lowest BCUT2D eigenvalue weighted by molar-refractivity contribution is -0.0458. The quantitative estimate of drug-likeness (QED) is 0.535. The Kier molecular flexibility index (Phi) is 3.67. The van der Waals surface area contributed by atoms with Crippen LogP contribution in [0, 0.1) is 51.8 Å². The summed E-state index contributed by atoms with van der Waals surface area (Å²) in [6.45, 7) is 7.31. The third-order valence-corrected chi connectivity index (χ3v) is 8.90. The van der Waals surface area contributed by atoms with Crippen LogP contribution in [0.25, 0.3) is 0 Å². The van der Waals surface area contributed by atoms with Crippen molar-refractivity contribution in [3.8, 4) is 6.07 Å². The van der Waals surface area contributed by atoms with E-state index < -0.39 is 0 Å². The Morgan fingerprint density at radius 1 is 1.13 bits per heavy atom. The highest BCUT2D eigenvalue weighted by Gasteiger charge is 2.58. The summed E-state index contributed by atoms with van der Waals surface area (Å²) in [4.78, 5) is 0. The fraction of sp³-hybridized carbons (Fsp3) is 0.864. The van der Waals surface area contributed by atoms with E-state index in [0.29, 0.717) is 16.7 Å². The Hall–Kier alpha value is -0.770. The predicted molar refractivity (Wildman–Crippen MR) is 94.6 cm³/mol. The number of allylic oxidation sites excluding steroid dienone is 2. The molecule has 0 spiro atoms. The van der Waals surface area contributed by atoms with E-state index in [1.54, 1.807) is 0 Å². The molecule has 1 nitrogen and oxygen atoms in total. The van der Waals surface area contributed by atoms with Gasteiger partial charge in [0.05, 0.1) is 6.07 Å². The number of nitrogens with zero attached hydrogens (tertiary/aromatic N) is 1. The van der Waals surface area contributed by atoms with Crippen LogP contribution in [-0.4, -0.2) is 0 Å². The van der Waals surface area contributed by atoms with Crippen LogP contribution in [-0.2, 0) is 0 Å². The molecule has 0 heterocycles. The zero-order valence-electron chi connectivity index (χ0n) is 15.3. The van der Waals surface area contributed by atoms with Crippen molar-refractivity contribution in [2.45, 2.75) is 78.6 Å². The highest BCUT2D eigenvalue weighted by atomic mass is 14.6. The molecule has 7 atom stereocenters. The lowest BCUT2D eigenvalue weighted by Gasteiger charge is -2.58. The molecule has 0 aromatic heterocycles. The number of hydrogen-bond donors (Lipinski definition) is 0. The van der Waals surface area contributed by atoms with Gasteiger partial charge in [-0.05, 0) is 92.8 Å². The molecule has 126 valence electrons. The van der Waals surface area contributed by atoms with E-state index in [4.69, 9.17) is 0 Å². The SMILES string of the molecule is CC(C#N)[C@H]1CC[C@H]2[C@@H]3CC=C4CCCC[C@]4(C)[C@H]3CC[C@]12C. The van der Waals surface area contributed by atoms with Crippen molar-refractivity contribution in [2.24, 2.45) is 40.4 Å². The Morgan fingerprint density at radius 3 is 2.74 bits per heavy atom. The normalized spacial score (nSPS) is 50.1. The lowest BCUT2D eigenvalue weighted by atomic mass is 9.47. The third-order valence-electron chi connectivity index (χ3n) is 8.90. The molecule has 3 saturated carbocycles. The molecule has 0 aromatic carbocycles. The maximum absolute atomic E-state index is 9.47. The molecule has 23 heavy (non-hydrogen) atoms. The van der Waals surface area contributed by atoms with E-state index in [1.165, 1.54) is 57.8 Å². The molecule has 0 saturated heterocycles. The van der Waals surface area contributed by atoms with Crippen molar-refractivity contribution >= 4 is 0 Å². The van der Waals surface area contributed by atoms with Crippen molar-refractivity contribution in [3.63, 3.8) is 0 Å². The molecule has 4 aliphatic rings. The zero-order valence-corrected chi connectivity index (χ0v) is 15.3.